The van der Waals surface area contributed by atoms with Gasteiger partial charge in [0.1, 0.15) is 0 Å². The molecule has 3 aromatic rings. The molecule has 3 aromatic carbocycles. The summed E-state index contributed by atoms with van der Waals surface area (Å²) in [5.41, 5.74) is 5.52. The third-order valence-corrected chi connectivity index (χ3v) is 5.96. The fourth-order valence-corrected chi connectivity index (χ4v) is 4.18. The fourth-order valence-electron chi connectivity index (χ4n) is 4.18. The first-order chi connectivity index (χ1) is 17.9. The highest BCUT2D eigenvalue weighted by Crippen LogP contribution is 2.38. The Bertz CT molecular complexity index is 1330. The van der Waals surface area contributed by atoms with E-state index in [2.05, 4.69) is 16.0 Å². The van der Waals surface area contributed by atoms with Gasteiger partial charge in [0.2, 0.25) is 5.91 Å². The number of carbonyl (C=O) groups excluding carboxylic acids is 3. The van der Waals surface area contributed by atoms with Gasteiger partial charge in [-0.3, -0.25) is 14.5 Å². The van der Waals surface area contributed by atoms with Crippen LogP contribution in [0, 0.1) is 0 Å². The normalized spacial score (nSPS) is 13.6. The van der Waals surface area contributed by atoms with E-state index in [0.29, 0.717) is 41.2 Å². The highest BCUT2D eigenvalue weighted by Gasteiger charge is 2.29. The maximum absolute atomic E-state index is 13.2. The Hall–Kier alpha value is -4.43. The molecule has 0 aliphatic carbocycles. The minimum absolute atomic E-state index is 0.0376. The summed E-state index contributed by atoms with van der Waals surface area (Å²) in [6.07, 6.45) is 0. The van der Waals surface area contributed by atoms with Crippen LogP contribution in [-0.2, 0) is 20.9 Å². The number of amides is 2. The molecule has 1 aliphatic heterocycles. The smallest absolute Gasteiger partial charge is 0.338 e. The van der Waals surface area contributed by atoms with E-state index in [1.165, 1.54) is 0 Å². The summed E-state index contributed by atoms with van der Waals surface area (Å²) in [5, 5.41) is 8.95. The summed E-state index contributed by atoms with van der Waals surface area (Å²) in [6.45, 7) is 2.96. The maximum atomic E-state index is 13.2. The minimum Gasteiger partial charge on any atom is -0.462 e. The Morgan fingerprint density at radius 2 is 1.70 bits per heavy atom. The first kappa shape index (κ1) is 25.7. The number of nitrogens with one attached hydrogen (secondary N) is 3. The number of esters is 1. The standard InChI is InChI=1S/C29H30N4O4/c1-4-37-29(36)21-12-15-23-24(16-21)32-28(35)26(23)27(20-8-6-5-7-9-20)31-22-13-10-19(11-14-22)17-33(3)18-25(34)30-2/h5-16,31H,4,17-18H2,1-3H3,(H,30,34)(H,32,35). The van der Waals surface area contributed by atoms with Crippen LogP contribution in [0.3, 0.4) is 0 Å². The molecule has 0 radical (unpaired) electrons. The first-order valence-electron chi connectivity index (χ1n) is 12.1. The van der Waals surface area contributed by atoms with Crippen LogP contribution >= 0.6 is 0 Å². The zero-order valence-electron chi connectivity index (χ0n) is 21.1. The van der Waals surface area contributed by atoms with Crippen molar-refractivity contribution in [2.45, 2.75) is 13.5 Å². The molecule has 190 valence electrons. The van der Waals surface area contributed by atoms with Crippen LogP contribution < -0.4 is 16.0 Å². The Balaban J connectivity index is 1.65. The maximum Gasteiger partial charge on any atom is 0.338 e. The number of fused-ring (bicyclic) bond motifs is 1. The molecule has 1 heterocycles. The van der Waals surface area contributed by atoms with E-state index in [-0.39, 0.29) is 18.4 Å². The lowest BCUT2D eigenvalue weighted by Gasteiger charge is -2.17. The largest absolute Gasteiger partial charge is 0.462 e. The van der Waals surface area contributed by atoms with Crippen molar-refractivity contribution in [1.82, 2.24) is 10.2 Å². The topological polar surface area (TPSA) is 99.8 Å². The highest BCUT2D eigenvalue weighted by atomic mass is 16.5. The van der Waals surface area contributed by atoms with Gasteiger partial charge in [-0.25, -0.2) is 4.79 Å². The van der Waals surface area contributed by atoms with E-state index in [1.807, 2.05) is 66.5 Å². The van der Waals surface area contributed by atoms with Gasteiger partial charge in [-0.15, -0.1) is 0 Å². The Morgan fingerprint density at radius 3 is 2.38 bits per heavy atom. The average Bonchev–Trinajstić information content (AvgIpc) is 3.23. The molecule has 1 aliphatic rings. The molecular weight excluding hydrogens is 468 g/mol. The van der Waals surface area contributed by atoms with Gasteiger partial charge < -0.3 is 20.7 Å². The van der Waals surface area contributed by atoms with Gasteiger partial charge in [-0.05, 0) is 49.4 Å². The van der Waals surface area contributed by atoms with Crippen molar-refractivity contribution in [3.63, 3.8) is 0 Å². The van der Waals surface area contributed by atoms with Crippen LogP contribution in [0.5, 0.6) is 0 Å². The molecule has 8 nitrogen and oxygen atoms in total. The Morgan fingerprint density at radius 1 is 0.973 bits per heavy atom. The van der Waals surface area contributed by atoms with Crippen molar-refractivity contribution in [2.75, 3.05) is 37.9 Å². The molecule has 0 saturated heterocycles. The van der Waals surface area contributed by atoms with Crippen molar-refractivity contribution in [3.8, 4) is 0 Å². The third kappa shape index (κ3) is 6.05. The van der Waals surface area contributed by atoms with Gasteiger partial charge >= 0.3 is 5.97 Å². The average molecular weight is 499 g/mol. The van der Waals surface area contributed by atoms with Gasteiger partial charge in [0, 0.05) is 24.8 Å². The molecule has 0 spiro atoms. The zero-order valence-corrected chi connectivity index (χ0v) is 21.1. The van der Waals surface area contributed by atoms with Crippen LogP contribution in [0.25, 0.3) is 11.3 Å². The number of rotatable bonds is 9. The molecule has 4 rings (SSSR count). The minimum atomic E-state index is -0.431. The summed E-state index contributed by atoms with van der Waals surface area (Å²) in [4.78, 5) is 38.9. The molecular formula is C29H30N4O4. The van der Waals surface area contributed by atoms with E-state index in [1.54, 1.807) is 32.2 Å². The molecule has 3 N–H and O–H groups in total. The quantitative estimate of drug-likeness (QED) is 0.305. The van der Waals surface area contributed by atoms with Crippen molar-refractivity contribution in [3.05, 3.63) is 95.1 Å². The zero-order chi connectivity index (χ0) is 26.4. The van der Waals surface area contributed by atoms with Gasteiger partial charge in [0.15, 0.2) is 0 Å². The SMILES string of the molecule is CCOC(=O)c1ccc2c(c1)NC(=O)C2=C(Nc1ccc(CN(C)CC(=O)NC)cc1)c1ccccc1. The second kappa shape index (κ2) is 11.5. The van der Waals surface area contributed by atoms with E-state index in [0.717, 1.165) is 16.8 Å². The van der Waals surface area contributed by atoms with E-state index in [4.69, 9.17) is 4.74 Å². The molecule has 0 saturated carbocycles. The number of carbonyl (C=O) groups is 3. The van der Waals surface area contributed by atoms with Crippen LogP contribution in [0.2, 0.25) is 0 Å². The molecule has 0 unspecified atom stereocenters. The lowest BCUT2D eigenvalue weighted by atomic mass is 9.99. The number of ether oxygens (including phenoxy) is 1. The van der Waals surface area contributed by atoms with Crippen LogP contribution in [0.1, 0.15) is 34.0 Å². The number of hydrogen-bond donors (Lipinski definition) is 3. The van der Waals surface area contributed by atoms with Gasteiger partial charge in [0.05, 0.1) is 35.7 Å². The summed E-state index contributed by atoms with van der Waals surface area (Å²) < 4.78 is 5.10. The predicted octanol–water partition coefficient (Wildman–Crippen LogP) is 3.97. The lowest BCUT2D eigenvalue weighted by molar-refractivity contribution is -0.121. The van der Waals surface area contributed by atoms with Gasteiger partial charge in [-0.1, -0.05) is 48.5 Å². The molecule has 0 aromatic heterocycles. The third-order valence-electron chi connectivity index (χ3n) is 5.96. The van der Waals surface area contributed by atoms with E-state index < -0.39 is 5.97 Å². The summed E-state index contributed by atoms with van der Waals surface area (Å²) in [7, 11) is 3.51. The Labute approximate surface area is 216 Å². The molecule has 0 bridgehead atoms. The number of anilines is 2. The van der Waals surface area contributed by atoms with Crippen molar-refractivity contribution in [1.29, 1.82) is 0 Å². The summed E-state index contributed by atoms with van der Waals surface area (Å²) >= 11 is 0. The second-order valence-corrected chi connectivity index (χ2v) is 8.72. The second-order valence-electron chi connectivity index (χ2n) is 8.72. The fraction of sp³-hybridized carbons (Fsp3) is 0.207. The van der Waals surface area contributed by atoms with E-state index >= 15 is 0 Å². The number of likely N-dealkylation sites (N-methyl/N-ethyl adjacent to an activating group) is 2. The molecule has 0 atom stereocenters. The predicted molar refractivity (Wildman–Crippen MR) is 145 cm³/mol. The van der Waals surface area contributed by atoms with Gasteiger partial charge in [-0.2, -0.15) is 0 Å². The molecule has 0 fully saturated rings. The highest BCUT2D eigenvalue weighted by molar-refractivity contribution is 6.37. The number of benzene rings is 3. The van der Waals surface area contributed by atoms with Crippen LogP contribution in [0.15, 0.2) is 72.8 Å². The molecule has 8 heteroatoms. The molecule has 37 heavy (non-hydrogen) atoms. The van der Waals surface area contributed by atoms with Crippen molar-refractivity contribution >= 4 is 40.4 Å². The molecule has 2 amide bonds. The lowest BCUT2D eigenvalue weighted by Crippen LogP contribution is -2.32. The van der Waals surface area contributed by atoms with Gasteiger partial charge in [0.25, 0.3) is 5.91 Å². The van der Waals surface area contributed by atoms with Crippen LogP contribution in [0.4, 0.5) is 11.4 Å². The van der Waals surface area contributed by atoms with Crippen molar-refractivity contribution in [2.24, 2.45) is 0 Å². The van der Waals surface area contributed by atoms with Crippen LogP contribution in [-0.4, -0.2) is 49.9 Å². The number of nitrogens with zero attached hydrogens (tertiary/aromatic N) is 1. The van der Waals surface area contributed by atoms with Crippen molar-refractivity contribution < 1.29 is 19.1 Å². The summed E-state index contributed by atoms with van der Waals surface area (Å²) in [5.74, 6) is -0.723. The monoisotopic (exact) mass is 498 g/mol. The first-order valence-corrected chi connectivity index (χ1v) is 12.1. The summed E-state index contributed by atoms with van der Waals surface area (Å²) in [6, 6.07) is 22.6. The Kier molecular flexibility index (Phi) is 8.00. The number of hydrogen-bond acceptors (Lipinski definition) is 6. The van der Waals surface area contributed by atoms with E-state index in [9.17, 15) is 14.4 Å².